The van der Waals surface area contributed by atoms with Crippen LogP contribution in [-0.2, 0) is 27.2 Å². The van der Waals surface area contributed by atoms with E-state index in [9.17, 15) is 24.0 Å². The van der Waals surface area contributed by atoms with Crippen molar-refractivity contribution in [2.45, 2.75) is 148 Å². The molecule has 0 radical (unpaired) electrons. The maximum absolute atomic E-state index is 12.6. The van der Waals surface area contributed by atoms with Crippen molar-refractivity contribution in [2.75, 3.05) is 59.7 Å². The summed E-state index contributed by atoms with van der Waals surface area (Å²) >= 11 is 0. The Morgan fingerprint density at radius 3 is 1.18 bits per heavy atom. The van der Waals surface area contributed by atoms with E-state index in [0.717, 1.165) is 113 Å². The van der Waals surface area contributed by atoms with E-state index in [1.807, 2.05) is 36.7 Å². The molecular formula is C77H87N11O6. The van der Waals surface area contributed by atoms with Crippen molar-refractivity contribution in [3.63, 3.8) is 0 Å². The number of hydrogen-bond acceptors (Lipinski definition) is 16. The maximum atomic E-state index is 12.6. The van der Waals surface area contributed by atoms with Gasteiger partial charge in [-0.05, 0) is 151 Å². The van der Waals surface area contributed by atoms with E-state index >= 15 is 0 Å². The maximum Gasteiger partial charge on any atom is 0.338 e. The van der Waals surface area contributed by atoms with Crippen LogP contribution in [-0.4, -0.2) is 109 Å². The first kappa shape index (κ1) is 67.3. The van der Waals surface area contributed by atoms with Crippen LogP contribution in [0.15, 0.2) is 164 Å². The van der Waals surface area contributed by atoms with Gasteiger partial charge in [-0.2, -0.15) is 0 Å². The SMILES string of the molecule is CC(=O)C[C@@H](C)c1ccc(C2CCN(c3ncc(C(=O)Cc4ccccc4N)cn3)CC2)cc1.CC(=O)C[C@@H](C)c1ccc(C2CCN(c3ncc(C(=O)O)cn3)CC2)cc1.CC(=O)C[C@@H](C)c1ccc(C2CCN(c3ncc(C4=Nc5ccccc5C4)cn3)CC2)cc1. The number of aliphatic imine (C=N–C) groups is 1. The highest BCUT2D eigenvalue weighted by Crippen LogP contribution is 2.35. The molecule has 3 aromatic heterocycles. The Balaban J connectivity index is 0.000000155. The standard InChI is InChI=1S/C28H32N4O2.C28H30N4O.C21H25N3O3/c1-19(15-20(2)33)21-7-9-22(10-8-21)23-11-13-32(14-12-23)28-30-17-25(18-31-28)27(34)16-24-5-3-4-6-26(24)29;1-19(15-20(2)33)21-7-9-22(10-8-21)23-11-13-32(14-12-23)28-29-17-25(18-30-28)27-16-24-5-3-4-6-26(24)31-27;1-14(11-15(2)25)16-3-5-17(6-4-16)18-7-9-24(10-8-18)21-22-12-19(13-23-21)20(26)27/h3-10,17-19,23H,11-16,29H2,1-2H3;3-10,17-19,23H,11-16H2,1-2H3;3-6,12-14,18H,7-11H2,1-2H3,(H,26,27)/t2*19-;14-/m111/s1. The van der Waals surface area contributed by atoms with E-state index in [1.165, 1.54) is 51.3 Å². The minimum Gasteiger partial charge on any atom is -0.478 e. The summed E-state index contributed by atoms with van der Waals surface area (Å²) in [4.78, 5) is 95.6. The van der Waals surface area contributed by atoms with Crippen molar-refractivity contribution in [1.82, 2.24) is 29.9 Å². The Morgan fingerprint density at radius 1 is 0.468 bits per heavy atom. The molecule has 3 atom stereocenters. The number of nitrogens with two attached hydrogens (primary N) is 1. The van der Waals surface area contributed by atoms with Crippen molar-refractivity contribution < 1.29 is 29.1 Å². The van der Waals surface area contributed by atoms with Gasteiger partial charge in [-0.25, -0.2) is 34.7 Å². The summed E-state index contributed by atoms with van der Waals surface area (Å²) in [6.45, 7) is 16.6. The molecule has 3 fully saturated rings. The lowest BCUT2D eigenvalue weighted by Crippen LogP contribution is -2.34. The topological polar surface area (TPSA) is 231 Å². The lowest BCUT2D eigenvalue weighted by Gasteiger charge is -2.32. The van der Waals surface area contributed by atoms with Gasteiger partial charge in [-0.15, -0.1) is 0 Å². The summed E-state index contributed by atoms with van der Waals surface area (Å²) in [6.07, 6.45) is 18.9. The molecule has 4 aliphatic rings. The molecule has 0 bridgehead atoms. The third kappa shape index (κ3) is 17.9. The molecule has 0 saturated carbocycles. The fourth-order valence-electron chi connectivity index (χ4n) is 13.3. The Labute approximate surface area is 552 Å². The quantitative estimate of drug-likeness (QED) is 0.0533. The number of carbonyl (C=O) groups is 5. The van der Waals surface area contributed by atoms with Gasteiger partial charge in [-0.1, -0.05) is 130 Å². The van der Waals surface area contributed by atoms with Crippen LogP contribution in [0, 0.1) is 0 Å². The molecule has 7 heterocycles. The van der Waals surface area contributed by atoms with E-state index in [1.54, 1.807) is 39.2 Å². The van der Waals surface area contributed by atoms with Crippen molar-refractivity contribution in [2.24, 2.45) is 4.99 Å². The molecule has 3 N–H and O–H groups in total. The summed E-state index contributed by atoms with van der Waals surface area (Å²) in [5, 5.41) is 8.93. The van der Waals surface area contributed by atoms with Gasteiger partial charge >= 0.3 is 5.97 Å². The minimum absolute atomic E-state index is 0.0378. The number of carboxylic acids is 1. The van der Waals surface area contributed by atoms with Crippen LogP contribution in [0.1, 0.15) is 206 Å². The first-order valence-electron chi connectivity index (χ1n) is 33.2. The summed E-state index contributed by atoms with van der Waals surface area (Å²) in [5.74, 6) is 4.06. The molecule has 17 heteroatoms. The number of carbonyl (C=O) groups excluding carboxylic acids is 4. The molecule has 0 amide bonds. The zero-order chi connectivity index (χ0) is 66.3. The molecule has 8 aromatic rings. The van der Waals surface area contributed by atoms with Crippen molar-refractivity contribution in [1.29, 1.82) is 0 Å². The first-order valence-corrected chi connectivity index (χ1v) is 33.2. The highest BCUT2D eigenvalue weighted by molar-refractivity contribution is 6.06. The van der Waals surface area contributed by atoms with E-state index in [0.29, 0.717) is 60.2 Å². The van der Waals surface area contributed by atoms with Gasteiger partial charge in [0.05, 0.1) is 22.5 Å². The number of carboxylic acid groups (broad SMARTS) is 1. The molecule has 12 rings (SSSR count). The fourth-order valence-corrected chi connectivity index (χ4v) is 13.3. The van der Waals surface area contributed by atoms with Crippen molar-refractivity contribution in [3.8, 4) is 0 Å². The Kier molecular flexibility index (Phi) is 22.7. The number of rotatable bonds is 20. The Hall–Kier alpha value is -9.64. The summed E-state index contributed by atoms with van der Waals surface area (Å²) < 4.78 is 0. The van der Waals surface area contributed by atoms with Crippen LogP contribution < -0.4 is 20.4 Å². The monoisotopic (exact) mass is 1260 g/mol. The smallest absolute Gasteiger partial charge is 0.338 e. The highest BCUT2D eigenvalue weighted by atomic mass is 16.4. The largest absolute Gasteiger partial charge is 0.478 e. The number of anilines is 4. The fraction of sp³-hybridized carbons (Fsp3) is 0.377. The number of benzene rings is 5. The lowest BCUT2D eigenvalue weighted by atomic mass is 9.87. The second-order valence-corrected chi connectivity index (χ2v) is 26.0. The number of nitrogen functional groups attached to an aromatic ring is 1. The number of piperidine rings is 3. The van der Waals surface area contributed by atoms with Crippen LogP contribution in [0.4, 0.5) is 29.2 Å². The minimum atomic E-state index is -1.01. The average Bonchev–Trinajstić information content (AvgIpc) is 1.50. The van der Waals surface area contributed by atoms with Crippen LogP contribution >= 0.6 is 0 Å². The van der Waals surface area contributed by atoms with Gasteiger partial charge in [0.1, 0.15) is 17.3 Å². The number of ketones is 4. The number of hydrogen-bond donors (Lipinski definition) is 2. The highest BCUT2D eigenvalue weighted by Gasteiger charge is 2.27. The number of aromatic nitrogens is 6. The normalized spacial score (nSPS) is 16.1. The average molecular weight is 1260 g/mol. The number of nitrogens with zero attached hydrogens (tertiary/aromatic N) is 10. The zero-order valence-corrected chi connectivity index (χ0v) is 55.0. The van der Waals surface area contributed by atoms with Crippen LogP contribution in [0.2, 0.25) is 0 Å². The third-order valence-electron chi connectivity index (χ3n) is 18.9. The second kappa shape index (κ2) is 31.8. The number of para-hydroxylation sites is 2. The summed E-state index contributed by atoms with van der Waals surface area (Å²) in [6, 6.07) is 42.0. The molecule has 0 spiro atoms. The van der Waals surface area contributed by atoms with Gasteiger partial charge in [0.25, 0.3) is 0 Å². The van der Waals surface area contributed by atoms with Gasteiger partial charge < -0.3 is 39.9 Å². The predicted octanol–water partition coefficient (Wildman–Crippen LogP) is 14.2. The van der Waals surface area contributed by atoms with E-state index < -0.39 is 5.97 Å². The van der Waals surface area contributed by atoms with E-state index in [4.69, 9.17) is 15.8 Å². The van der Waals surface area contributed by atoms with Crippen LogP contribution in [0.3, 0.4) is 0 Å². The van der Waals surface area contributed by atoms with E-state index in [-0.39, 0.29) is 52.9 Å². The summed E-state index contributed by atoms with van der Waals surface area (Å²) in [7, 11) is 0. The van der Waals surface area contributed by atoms with Crippen LogP contribution in [0.5, 0.6) is 0 Å². The van der Waals surface area contributed by atoms with Gasteiger partial charge in [0, 0.05) is 120 Å². The Morgan fingerprint density at radius 2 is 0.819 bits per heavy atom. The summed E-state index contributed by atoms with van der Waals surface area (Å²) in [5.41, 5.74) is 20.1. The molecule has 5 aromatic carbocycles. The number of fused-ring (bicyclic) bond motifs is 1. The van der Waals surface area contributed by atoms with Gasteiger partial charge in [0.2, 0.25) is 17.8 Å². The number of aromatic carboxylic acids is 1. The third-order valence-corrected chi connectivity index (χ3v) is 18.9. The molecule has 0 unspecified atom stereocenters. The molecule has 17 nitrogen and oxygen atoms in total. The van der Waals surface area contributed by atoms with Gasteiger partial charge in [-0.3, -0.25) is 9.79 Å². The van der Waals surface area contributed by atoms with E-state index in [2.05, 4.69) is 156 Å². The molecular weight excluding hydrogens is 1170 g/mol. The Bertz CT molecular complexity index is 3890. The second-order valence-electron chi connectivity index (χ2n) is 26.0. The molecule has 4 aliphatic heterocycles. The molecule has 486 valence electrons. The predicted molar refractivity (Wildman–Crippen MR) is 371 cm³/mol. The number of Topliss-reactive ketones (excluding diaryl/α,β-unsaturated/α-hetero) is 4. The first-order chi connectivity index (χ1) is 45.4. The van der Waals surface area contributed by atoms with Crippen molar-refractivity contribution in [3.05, 3.63) is 220 Å². The molecule has 3 saturated heterocycles. The lowest BCUT2D eigenvalue weighted by molar-refractivity contribution is -0.118. The molecule has 0 aliphatic carbocycles. The molecule has 94 heavy (non-hydrogen) atoms. The van der Waals surface area contributed by atoms with Gasteiger partial charge in [0.15, 0.2) is 5.78 Å². The zero-order valence-electron chi connectivity index (χ0n) is 55.0. The van der Waals surface area contributed by atoms with Crippen molar-refractivity contribution >= 4 is 64.0 Å². The van der Waals surface area contributed by atoms with Crippen LogP contribution in [0.25, 0.3) is 0 Å².